The van der Waals surface area contributed by atoms with Gasteiger partial charge >= 0.3 is 6.18 Å². The summed E-state index contributed by atoms with van der Waals surface area (Å²) in [7, 11) is 0. The Kier molecular flexibility index (Phi) is 4.36. The van der Waals surface area contributed by atoms with E-state index >= 15 is 0 Å². The van der Waals surface area contributed by atoms with Gasteiger partial charge in [-0.2, -0.15) is 13.2 Å². The first kappa shape index (κ1) is 15.2. The molecule has 0 unspecified atom stereocenters. The third-order valence-corrected chi connectivity index (χ3v) is 2.88. The van der Waals surface area contributed by atoms with Crippen molar-refractivity contribution < 1.29 is 22.7 Å². The molecular weight excluding hydrogens is 309 g/mol. The molecule has 0 radical (unpaired) electrons. The number of anilines is 1. The number of aromatic nitrogens is 3. The molecule has 21 heavy (non-hydrogen) atoms. The predicted octanol–water partition coefficient (Wildman–Crippen LogP) is 2.43. The zero-order valence-corrected chi connectivity index (χ0v) is 11.5. The van der Waals surface area contributed by atoms with Crippen molar-refractivity contribution in [3.05, 3.63) is 28.9 Å². The van der Waals surface area contributed by atoms with Crippen LogP contribution < -0.4 is 10.1 Å². The van der Waals surface area contributed by atoms with Crippen LogP contribution >= 0.6 is 11.3 Å². The highest BCUT2D eigenvalue weighted by Gasteiger charge is 2.28. The Bertz CT molecular complexity index is 627. The highest BCUT2D eigenvalue weighted by atomic mass is 32.1. The van der Waals surface area contributed by atoms with Crippen molar-refractivity contribution in [3.63, 3.8) is 0 Å². The normalized spacial score (nSPS) is 11.2. The van der Waals surface area contributed by atoms with E-state index in [1.165, 1.54) is 23.5 Å². The molecule has 2 aromatic rings. The Morgan fingerprint density at radius 3 is 2.67 bits per heavy atom. The van der Waals surface area contributed by atoms with Crippen LogP contribution in [-0.4, -0.2) is 33.9 Å². The van der Waals surface area contributed by atoms with E-state index in [1.54, 1.807) is 6.92 Å². The Balaban J connectivity index is 1.96. The van der Waals surface area contributed by atoms with Gasteiger partial charge in [0.2, 0.25) is 11.0 Å². The van der Waals surface area contributed by atoms with E-state index in [1.807, 2.05) is 0 Å². The van der Waals surface area contributed by atoms with E-state index in [9.17, 15) is 18.0 Å². The van der Waals surface area contributed by atoms with E-state index < -0.39 is 18.7 Å². The summed E-state index contributed by atoms with van der Waals surface area (Å²) in [4.78, 5) is 15.5. The highest BCUT2D eigenvalue weighted by molar-refractivity contribution is 7.15. The average Bonchev–Trinajstić information content (AvgIpc) is 2.81. The SMILES string of the molecule is Cc1nnc(NC(=O)c2ccc(OCC(F)(F)F)nc2)s1. The summed E-state index contributed by atoms with van der Waals surface area (Å²) in [6.45, 7) is 0.303. The summed E-state index contributed by atoms with van der Waals surface area (Å²) >= 11 is 1.20. The molecule has 1 N–H and O–H groups in total. The second kappa shape index (κ2) is 6.04. The second-order valence-corrected chi connectivity index (χ2v) is 5.05. The number of halogens is 3. The van der Waals surface area contributed by atoms with E-state index in [0.717, 1.165) is 6.20 Å². The van der Waals surface area contributed by atoms with Crippen LogP contribution in [0.25, 0.3) is 0 Å². The number of alkyl halides is 3. The van der Waals surface area contributed by atoms with E-state index in [2.05, 4.69) is 25.2 Å². The number of hydrogen-bond donors (Lipinski definition) is 1. The fourth-order valence-electron chi connectivity index (χ4n) is 1.27. The molecule has 0 saturated heterocycles. The molecule has 0 aliphatic heterocycles. The molecule has 0 spiro atoms. The summed E-state index contributed by atoms with van der Waals surface area (Å²) in [5.74, 6) is -0.698. The Morgan fingerprint density at radius 2 is 2.14 bits per heavy atom. The van der Waals surface area contributed by atoms with Crippen molar-refractivity contribution in [2.24, 2.45) is 0 Å². The van der Waals surface area contributed by atoms with Crippen molar-refractivity contribution in [1.82, 2.24) is 15.2 Å². The number of rotatable bonds is 4. The van der Waals surface area contributed by atoms with Crippen molar-refractivity contribution >= 4 is 22.4 Å². The molecule has 0 atom stereocenters. The van der Waals surface area contributed by atoms with Crippen molar-refractivity contribution in [3.8, 4) is 5.88 Å². The molecule has 2 heterocycles. The molecule has 6 nitrogen and oxygen atoms in total. The third kappa shape index (κ3) is 4.67. The van der Waals surface area contributed by atoms with Gasteiger partial charge in [0.05, 0.1) is 5.56 Å². The highest BCUT2D eigenvalue weighted by Crippen LogP contribution is 2.18. The van der Waals surface area contributed by atoms with Crippen LogP contribution in [-0.2, 0) is 0 Å². The van der Waals surface area contributed by atoms with Gasteiger partial charge in [0, 0.05) is 12.3 Å². The number of aryl methyl sites for hydroxylation is 1. The van der Waals surface area contributed by atoms with Crippen molar-refractivity contribution in [2.45, 2.75) is 13.1 Å². The Labute approximate surface area is 121 Å². The van der Waals surface area contributed by atoms with Crippen LogP contribution in [0.15, 0.2) is 18.3 Å². The fourth-order valence-corrected chi connectivity index (χ4v) is 1.86. The van der Waals surface area contributed by atoms with E-state index in [-0.39, 0.29) is 11.4 Å². The zero-order chi connectivity index (χ0) is 15.5. The van der Waals surface area contributed by atoms with Gasteiger partial charge in [-0.15, -0.1) is 10.2 Å². The fraction of sp³-hybridized carbons (Fsp3) is 0.273. The van der Waals surface area contributed by atoms with Crippen LogP contribution in [0.5, 0.6) is 5.88 Å². The lowest BCUT2D eigenvalue weighted by molar-refractivity contribution is -0.154. The molecule has 0 saturated carbocycles. The number of pyridine rings is 1. The molecule has 0 aromatic carbocycles. The van der Waals surface area contributed by atoms with Gasteiger partial charge in [0.15, 0.2) is 6.61 Å². The first-order chi connectivity index (χ1) is 9.83. The Morgan fingerprint density at radius 1 is 1.38 bits per heavy atom. The summed E-state index contributed by atoms with van der Waals surface area (Å²) < 4.78 is 40.3. The molecule has 112 valence electrons. The summed E-state index contributed by atoms with van der Waals surface area (Å²) in [5.41, 5.74) is 0.169. The van der Waals surface area contributed by atoms with Gasteiger partial charge in [0.25, 0.3) is 5.91 Å². The van der Waals surface area contributed by atoms with Crippen molar-refractivity contribution in [2.75, 3.05) is 11.9 Å². The molecule has 10 heteroatoms. The summed E-state index contributed by atoms with van der Waals surface area (Å²) in [6.07, 6.45) is -3.32. The maximum atomic E-state index is 12.0. The number of carbonyl (C=O) groups is 1. The monoisotopic (exact) mass is 318 g/mol. The minimum Gasteiger partial charge on any atom is -0.468 e. The molecule has 1 amide bonds. The average molecular weight is 318 g/mol. The number of carbonyl (C=O) groups excluding carboxylic acids is 1. The number of nitrogens with zero attached hydrogens (tertiary/aromatic N) is 3. The molecule has 0 bridgehead atoms. The standard InChI is InChI=1S/C11H9F3N4O2S/c1-6-17-18-10(21-6)16-9(19)7-2-3-8(15-4-7)20-5-11(12,13)14/h2-4H,5H2,1H3,(H,16,18,19). The van der Waals surface area contributed by atoms with Gasteiger partial charge in [-0.3, -0.25) is 10.1 Å². The third-order valence-electron chi connectivity index (χ3n) is 2.13. The smallest absolute Gasteiger partial charge is 0.422 e. The van der Waals surface area contributed by atoms with Crippen molar-refractivity contribution in [1.29, 1.82) is 0 Å². The molecular formula is C11H9F3N4O2S. The lowest BCUT2D eigenvalue weighted by Gasteiger charge is -2.08. The number of nitrogens with one attached hydrogen (secondary N) is 1. The summed E-state index contributed by atoms with van der Waals surface area (Å²) in [6, 6.07) is 2.49. The van der Waals surface area contributed by atoms with Gasteiger partial charge < -0.3 is 4.74 Å². The van der Waals surface area contributed by atoms with Crippen LogP contribution in [0.2, 0.25) is 0 Å². The lowest BCUT2D eigenvalue weighted by atomic mass is 10.3. The Hall–Kier alpha value is -2.23. The maximum Gasteiger partial charge on any atom is 0.422 e. The predicted molar refractivity (Wildman–Crippen MR) is 68.4 cm³/mol. The van der Waals surface area contributed by atoms with E-state index in [0.29, 0.717) is 10.1 Å². The molecule has 2 rings (SSSR count). The van der Waals surface area contributed by atoms with Gasteiger partial charge in [0.1, 0.15) is 5.01 Å². The van der Waals surface area contributed by atoms with Crippen LogP contribution in [0.1, 0.15) is 15.4 Å². The van der Waals surface area contributed by atoms with Crippen LogP contribution in [0.4, 0.5) is 18.3 Å². The zero-order valence-electron chi connectivity index (χ0n) is 10.6. The van der Waals surface area contributed by atoms with E-state index in [4.69, 9.17) is 0 Å². The molecule has 2 aromatic heterocycles. The van der Waals surface area contributed by atoms with Crippen LogP contribution in [0, 0.1) is 6.92 Å². The topological polar surface area (TPSA) is 77.0 Å². The minimum absolute atomic E-state index is 0.169. The number of ether oxygens (including phenoxy) is 1. The van der Waals surface area contributed by atoms with Gasteiger partial charge in [-0.25, -0.2) is 4.98 Å². The molecule has 0 aliphatic rings. The lowest BCUT2D eigenvalue weighted by Crippen LogP contribution is -2.19. The minimum atomic E-state index is -4.44. The second-order valence-electron chi connectivity index (χ2n) is 3.87. The van der Waals surface area contributed by atoms with Crippen LogP contribution in [0.3, 0.4) is 0 Å². The van der Waals surface area contributed by atoms with Gasteiger partial charge in [-0.1, -0.05) is 11.3 Å². The number of amides is 1. The summed E-state index contributed by atoms with van der Waals surface area (Å²) in [5, 5.41) is 11.0. The quantitative estimate of drug-likeness (QED) is 0.937. The number of hydrogen-bond acceptors (Lipinski definition) is 6. The largest absolute Gasteiger partial charge is 0.468 e. The molecule has 0 aliphatic carbocycles. The first-order valence-corrected chi connectivity index (χ1v) is 6.42. The van der Waals surface area contributed by atoms with Gasteiger partial charge in [-0.05, 0) is 13.0 Å². The maximum absolute atomic E-state index is 12.0. The molecule has 0 fully saturated rings. The first-order valence-electron chi connectivity index (χ1n) is 5.60.